The van der Waals surface area contributed by atoms with E-state index in [-0.39, 0.29) is 12.1 Å². The summed E-state index contributed by atoms with van der Waals surface area (Å²) in [6.45, 7) is 3.67. The lowest BCUT2D eigenvalue weighted by Crippen LogP contribution is -2.15. The number of rotatable bonds is 3. The average Bonchev–Trinajstić information content (AvgIpc) is 2.47. The minimum Gasteiger partial charge on any atom is -0.459 e. The lowest BCUT2D eigenvalue weighted by atomic mass is 10.2. The first kappa shape index (κ1) is 18.3. The molecule has 0 aliphatic carbocycles. The van der Waals surface area contributed by atoms with Crippen molar-refractivity contribution in [1.82, 2.24) is 0 Å². The summed E-state index contributed by atoms with van der Waals surface area (Å²) in [5.41, 5.74) is 4.61. The van der Waals surface area contributed by atoms with Gasteiger partial charge in [0.2, 0.25) is 0 Å². The molecule has 0 radical (unpaired) electrons. The number of hydrogen-bond donors (Lipinski definition) is 1. The fourth-order valence-electron chi connectivity index (χ4n) is 1.59. The molecule has 0 saturated carbocycles. The van der Waals surface area contributed by atoms with E-state index in [1.807, 2.05) is 32.0 Å². The summed E-state index contributed by atoms with van der Waals surface area (Å²) in [6.07, 6.45) is -0.0577. The van der Waals surface area contributed by atoms with Crippen LogP contribution in [0.15, 0.2) is 48.5 Å². The topological polar surface area (TPSA) is 69.4 Å². The molecule has 0 atom stereocenters. The van der Waals surface area contributed by atoms with Crippen molar-refractivity contribution in [3.8, 4) is 0 Å². The molecule has 0 saturated heterocycles. The highest BCUT2D eigenvalue weighted by Crippen LogP contribution is 2.10. The summed E-state index contributed by atoms with van der Waals surface area (Å²) in [7, 11) is 0. The highest BCUT2D eigenvalue weighted by Gasteiger charge is 2.12. The van der Waals surface area contributed by atoms with E-state index in [4.69, 9.17) is 10.5 Å². The molecule has 0 aromatic heterocycles. The second-order valence-electron chi connectivity index (χ2n) is 4.78. The van der Waals surface area contributed by atoms with Crippen molar-refractivity contribution in [2.24, 2.45) is 5.73 Å². The lowest BCUT2D eigenvalue weighted by Gasteiger charge is -2.06. The first-order chi connectivity index (χ1) is 10.8. The Labute approximate surface area is 132 Å². The highest BCUT2D eigenvalue weighted by atomic mass is 19.1. The zero-order valence-corrected chi connectivity index (χ0v) is 12.8. The molecule has 0 heterocycles. The lowest BCUT2D eigenvalue weighted by molar-refractivity contribution is 0.0378. The second kappa shape index (κ2) is 8.63. The number of amides is 1. The van der Waals surface area contributed by atoms with Crippen molar-refractivity contribution in [3.63, 3.8) is 0 Å². The van der Waals surface area contributed by atoms with E-state index >= 15 is 0 Å². The third kappa shape index (κ3) is 5.86. The van der Waals surface area contributed by atoms with Crippen molar-refractivity contribution in [2.75, 3.05) is 0 Å². The van der Waals surface area contributed by atoms with E-state index in [1.54, 1.807) is 12.1 Å². The van der Waals surface area contributed by atoms with Gasteiger partial charge in [0.15, 0.2) is 0 Å². The van der Waals surface area contributed by atoms with Gasteiger partial charge in [-0.25, -0.2) is 13.6 Å². The molecule has 1 amide bonds. The van der Waals surface area contributed by atoms with Gasteiger partial charge >= 0.3 is 5.97 Å². The fourth-order valence-corrected chi connectivity index (χ4v) is 1.59. The number of ether oxygens (including phenoxy) is 1. The molecule has 2 rings (SSSR count). The van der Waals surface area contributed by atoms with Crippen molar-refractivity contribution in [2.45, 2.75) is 20.0 Å². The Kier molecular flexibility index (Phi) is 6.86. The summed E-state index contributed by atoms with van der Waals surface area (Å²) in [5.74, 6) is -3.22. The van der Waals surface area contributed by atoms with Gasteiger partial charge in [-0.05, 0) is 38.1 Å². The Morgan fingerprint density at radius 3 is 1.87 bits per heavy atom. The third-order valence-corrected chi connectivity index (χ3v) is 2.56. The van der Waals surface area contributed by atoms with Crippen molar-refractivity contribution in [1.29, 1.82) is 0 Å². The average molecular weight is 321 g/mol. The Hall–Kier alpha value is -2.76. The van der Waals surface area contributed by atoms with Crippen LogP contribution in [0.4, 0.5) is 8.78 Å². The normalized spacial score (nSPS) is 9.78. The monoisotopic (exact) mass is 321 g/mol. The minimum absolute atomic E-state index is 0.0577. The van der Waals surface area contributed by atoms with Crippen molar-refractivity contribution < 1.29 is 23.1 Å². The molecule has 0 bridgehead atoms. The predicted molar refractivity (Wildman–Crippen MR) is 81.9 cm³/mol. The van der Waals surface area contributed by atoms with Crippen molar-refractivity contribution >= 4 is 11.9 Å². The number of primary amides is 1. The van der Waals surface area contributed by atoms with Gasteiger partial charge in [-0.2, -0.15) is 0 Å². The number of halogens is 2. The Morgan fingerprint density at radius 1 is 0.957 bits per heavy atom. The summed E-state index contributed by atoms with van der Waals surface area (Å²) >= 11 is 0. The molecule has 2 N–H and O–H groups in total. The van der Waals surface area contributed by atoms with E-state index in [9.17, 15) is 18.4 Å². The number of hydrogen-bond acceptors (Lipinski definition) is 3. The van der Waals surface area contributed by atoms with E-state index in [2.05, 4.69) is 0 Å². The standard InChI is InChI=1S/C10H12O2.C7H5F2NO/c1-8(2)12-10(11)9-6-4-3-5-7-9;8-4-2-1-3-5(9)6(4)7(10)11/h3-8H,1-2H3;1-3H,(H2,10,11). The van der Waals surface area contributed by atoms with Gasteiger partial charge in [0, 0.05) is 0 Å². The van der Waals surface area contributed by atoms with Gasteiger partial charge in [-0.1, -0.05) is 24.3 Å². The van der Waals surface area contributed by atoms with Crippen LogP contribution in [0.1, 0.15) is 34.6 Å². The van der Waals surface area contributed by atoms with Crippen LogP contribution >= 0.6 is 0 Å². The number of esters is 1. The molecular weight excluding hydrogens is 304 g/mol. The highest BCUT2D eigenvalue weighted by molar-refractivity contribution is 5.93. The SMILES string of the molecule is CC(C)OC(=O)c1ccccc1.NC(=O)c1c(F)cccc1F. The fraction of sp³-hybridized carbons (Fsp3) is 0.176. The molecule has 0 spiro atoms. The Bertz CT molecular complexity index is 653. The molecule has 0 fully saturated rings. The number of carbonyl (C=O) groups is 2. The zero-order valence-electron chi connectivity index (χ0n) is 12.8. The number of nitrogens with two attached hydrogens (primary N) is 1. The molecule has 0 aliphatic rings. The molecule has 4 nitrogen and oxygen atoms in total. The van der Waals surface area contributed by atoms with Gasteiger partial charge in [-0.3, -0.25) is 4.79 Å². The van der Waals surface area contributed by atoms with Crippen LogP contribution in [0.3, 0.4) is 0 Å². The van der Waals surface area contributed by atoms with Crippen LogP contribution in [0.2, 0.25) is 0 Å². The Balaban J connectivity index is 0.000000231. The summed E-state index contributed by atoms with van der Waals surface area (Å²) in [5, 5.41) is 0. The first-order valence-corrected chi connectivity index (χ1v) is 6.82. The van der Waals surface area contributed by atoms with Gasteiger partial charge in [0.25, 0.3) is 5.91 Å². The molecule has 122 valence electrons. The second-order valence-corrected chi connectivity index (χ2v) is 4.78. The van der Waals surface area contributed by atoms with Crippen LogP contribution in [0, 0.1) is 11.6 Å². The summed E-state index contributed by atoms with van der Waals surface area (Å²) < 4.78 is 30.1. The molecule has 2 aromatic carbocycles. The Morgan fingerprint density at radius 2 is 1.48 bits per heavy atom. The van der Waals surface area contributed by atoms with Crippen LogP contribution in [0.5, 0.6) is 0 Å². The predicted octanol–water partition coefficient (Wildman–Crippen LogP) is 3.32. The minimum atomic E-state index is -1.10. The summed E-state index contributed by atoms with van der Waals surface area (Å²) in [4.78, 5) is 21.6. The largest absolute Gasteiger partial charge is 0.459 e. The quantitative estimate of drug-likeness (QED) is 0.882. The maximum absolute atomic E-state index is 12.6. The van der Waals surface area contributed by atoms with E-state index in [0.29, 0.717) is 5.56 Å². The van der Waals surface area contributed by atoms with Gasteiger partial charge in [0.1, 0.15) is 17.2 Å². The van der Waals surface area contributed by atoms with E-state index in [0.717, 1.165) is 18.2 Å². The maximum Gasteiger partial charge on any atom is 0.338 e. The van der Waals surface area contributed by atoms with E-state index < -0.39 is 23.1 Å². The van der Waals surface area contributed by atoms with E-state index in [1.165, 1.54) is 0 Å². The van der Waals surface area contributed by atoms with Gasteiger partial charge < -0.3 is 10.5 Å². The van der Waals surface area contributed by atoms with Crippen LogP contribution in [-0.4, -0.2) is 18.0 Å². The first-order valence-electron chi connectivity index (χ1n) is 6.82. The maximum atomic E-state index is 12.6. The molecule has 0 unspecified atom stereocenters. The molecule has 6 heteroatoms. The van der Waals surface area contributed by atoms with Crippen molar-refractivity contribution in [3.05, 3.63) is 71.3 Å². The van der Waals surface area contributed by atoms with Crippen LogP contribution in [0.25, 0.3) is 0 Å². The molecule has 23 heavy (non-hydrogen) atoms. The van der Waals surface area contributed by atoms with Gasteiger partial charge in [-0.15, -0.1) is 0 Å². The zero-order chi connectivity index (χ0) is 17.4. The number of benzene rings is 2. The smallest absolute Gasteiger partial charge is 0.338 e. The molecule has 0 aliphatic heterocycles. The number of carbonyl (C=O) groups excluding carboxylic acids is 2. The third-order valence-electron chi connectivity index (χ3n) is 2.56. The van der Waals surface area contributed by atoms with Gasteiger partial charge in [0.05, 0.1) is 11.7 Å². The molecular formula is C17H17F2NO3. The van der Waals surface area contributed by atoms with Crippen LogP contribution < -0.4 is 5.73 Å². The summed E-state index contributed by atoms with van der Waals surface area (Å²) in [6, 6.07) is 12.1. The van der Waals surface area contributed by atoms with Crippen LogP contribution in [-0.2, 0) is 4.74 Å². The molecule has 2 aromatic rings.